The molecule has 232 valence electrons. The van der Waals surface area contributed by atoms with Gasteiger partial charge in [0.2, 0.25) is 10.0 Å². The van der Waals surface area contributed by atoms with Crippen molar-refractivity contribution in [3.8, 4) is 11.1 Å². The number of ether oxygens (including phenoxy) is 1. The van der Waals surface area contributed by atoms with Gasteiger partial charge in [0.1, 0.15) is 5.82 Å². The summed E-state index contributed by atoms with van der Waals surface area (Å²) in [5.41, 5.74) is -1.84. The van der Waals surface area contributed by atoms with Crippen LogP contribution in [0.1, 0.15) is 35.4 Å². The first kappa shape index (κ1) is 31.4. The van der Waals surface area contributed by atoms with Gasteiger partial charge in [0.25, 0.3) is 0 Å². The average molecular weight is 631 g/mol. The Morgan fingerprint density at radius 3 is 2.12 bits per heavy atom. The maximum Gasteiger partial charge on any atom is 0.419 e. The van der Waals surface area contributed by atoms with E-state index in [-0.39, 0.29) is 36.2 Å². The lowest BCUT2D eigenvalue weighted by Gasteiger charge is -2.57. The van der Waals surface area contributed by atoms with E-state index in [4.69, 9.17) is 4.74 Å². The highest BCUT2D eigenvalue weighted by Crippen LogP contribution is 2.44. The first-order chi connectivity index (χ1) is 20.2. The molecule has 13 heteroatoms. The molecule has 2 fully saturated rings. The molecular formula is C30H29F7N2O3S. The van der Waals surface area contributed by atoms with Gasteiger partial charge in [0.15, 0.2) is 0 Å². The summed E-state index contributed by atoms with van der Waals surface area (Å²) >= 11 is 0. The SMILES string of the molecule is COC[C@@H]1[C@@H](c2ccc(-c3cccc(C(F)(F)F)c3F)cc2)[C@@H]2CN(S(=O)(=O)c3ccccc3C(F)(F)F)CCCCN12. The number of alkyl halides is 6. The Bertz CT molecular complexity index is 1560. The van der Waals surface area contributed by atoms with E-state index in [9.17, 15) is 39.2 Å². The van der Waals surface area contributed by atoms with Crippen LogP contribution in [0.2, 0.25) is 0 Å². The first-order valence-electron chi connectivity index (χ1n) is 13.6. The predicted molar refractivity (Wildman–Crippen MR) is 145 cm³/mol. The van der Waals surface area contributed by atoms with Crippen LogP contribution in [-0.2, 0) is 27.1 Å². The van der Waals surface area contributed by atoms with Gasteiger partial charge in [-0.3, -0.25) is 4.90 Å². The topological polar surface area (TPSA) is 49.9 Å². The zero-order valence-electron chi connectivity index (χ0n) is 23.0. The fourth-order valence-electron chi connectivity index (χ4n) is 6.20. The van der Waals surface area contributed by atoms with Gasteiger partial charge in [-0.1, -0.05) is 48.5 Å². The van der Waals surface area contributed by atoms with E-state index in [0.717, 1.165) is 34.1 Å². The van der Waals surface area contributed by atoms with Crippen LogP contribution in [0, 0.1) is 5.82 Å². The van der Waals surface area contributed by atoms with Crippen molar-refractivity contribution in [2.45, 2.75) is 48.1 Å². The number of nitrogens with zero attached hydrogens (tertiary/aromatic N) is 2. The van der Waals surface area contributed by atoms with Crippen LogP contribution < -0.4 is 0 Å². The van der Waals surface area contributed by atoms with E-state index in [0.29, 0.717) is 32.1 Å². The number of hydrogen-bond acceptors (Lipinski definition) is 4. The minimum atomic E-state index is -4.86. The molecule has 0 spiro atoms. The molecule has 3 aromatic carbocycles. The quantitative estimate of drug-likeness (QED) is 0.282. The lowest BCUT2D eigenvalue weighted by molar-refractivity contribution is -0.140. The van der Waals surface area contributed by atoms with Crippen molar-refractivity contribution in [3.63, 3.8) is 0 Å². The number of hydrogen-bond donors (Lipinski definition) is 0. The summed E-state index contributed by atoms with van der Waals surface area (Å²) in [5.74, 6) is -1.68. The van der Waals surface area contributed by atoms with Crippen molar-refractivity contribution < 1.29 is 43.9 Å². The molecule has 0 N–H and O–H groups in total. The zero-order chi connectivity index (χ0) is 31.2. The van der Waals surface area contributed by atoms with Crippen molar-refractivity contribution in [3.05, 3.63) is 89.2 Å². The molecule has 0 radical (unpaired) electrons. The van der Waals surface area contributed by atoms with Crippen LogP contribution in [0.4, 0.5) is 30.7 Å². The number of rotatable bonds is 6. The van der Waals surface area contributed by atoms with Crippen molar-refractivity contribution >= 4 is 10.0 Å². The van der Waals surface area contributed by atoms with Crippen LogP contribution in [0.25, 0.3) is 11.1 Å². The Kier molecular flexibility index (Phi) is 8.64. The van der Waals surface area contributed by atoms with Gasteiger partial charge >= 0.3 is 12.4 Å². The third kappa shape index (κ3) is 6.04. The molecule has 0 aromatic heterocycles. The third-order valence-corrected chi connectivity index (χ3v) is 10.1. The van der Waals surface area contributed by atoms with Gasteiger partial charge in [-0.2, -0.15) is 30.6 Å². The molecular weight excluding hydrogens is 601 g/mol. The van der Waals surface area contributed by atoms with Crippen molar-refractivity contribution in [1.29, 1.82) is 0 Å². The summed E-state index contributed by atoms with van der Waals surface area (Å²) in [6.45, 7) is 0.919. The number of halogens is 7. The van der Waals surface area contributed by atoms with E-state index in [1.807, 2.05) is 0 Å². The normalized spacial score (nSPS) is 22.4. The highest BCUT2D eigenvalue weighted by Gasteiger charge is 2.51. The summed E-state index contributed by atoms with van der Waals surface area (Å²) in [6.07, 6.45) is -8.64. The molecule has 5 nitrogen and oxygen atoms in total. The number of methoxy groups -OCH3 is 1. The summed E-state index contributed by atoms with van der Waals surface area (Å²) in [4.78, 5) is 1.29. The van der Waals surface area contributed by atoms with Crippen LogP contribution in [0.3, 0.4) is 0 Å². The van der Waals surface area contributed by atoms with Gasteiger partial charge in [-0.15, -0.1) is 0 Å². The van der Waals surface area contributed by atoms with E-state index >= 15 is 0 Å². The zero-order valence-corrected chi connectivity index (χ0v) is 23.8. The molecule has 2 saturated heterocycles. The van der Waals surface area contributed by atoms with Gasteiger partial charge < -0.3 is 4.74 Å². The molecule has 3 aromatic rings. The Labute approximate surface area is 244 Å². The lowest BCUT2D eigenvalue weighted by atomic mass is 9.74. The van der Waals surface area contributed by atoms with Crippen molar-refractivity contribution in [2.75, 3.05) is 33.4 Å². The van der Waals surface area contributed by atoms with E-state index in [1.165, 1.54) is 31.4 Å². The van der Waals surface area contributed by atoms with Gasteiger partial charge in [0, 0.05) is 43.8 Å². The molecule has 5 rings (SSSR count). The fourth-order valence-corrected chi connectivity index (χ4v) is 7.91. The molecule has 0 amide bonds. The highest BCUT2D eigenvalue weighted by atomic mass is 32.2. The maximum atomic E-state index is 14.8. The number of fused-ring (bicyclic) bond motifs is 1. The molecule has 0 aliphatic carbocycles. The molecule has 2 aliphatic rings. The third-order valence-electron chi connectivity index (χ3n) is 8.20. The molecule has 2 aliphatic heterocycles. The smallest absolute Gasteiger partial charge is 0.383 e. The molecule has 3 atom stereocenters. The Balaban J connectivity index is 1.47. The molecule has 0 bridgehead atoms. The molecule has 43 heavy (non-hydrogen) atoms. The van der Waals surface area contributed by atoms with E-state index < -0.39 is 50.3 Å². The number of benzene rings is 3. The van der Waals surface area contributed by atoms with Crippen molar-refractivity contribution in [2.24, 2.45) is 0 Å². The van der Waals surface area contributed by atoms with Crippen LogP contribution in [0.15, 0.2) is 71.6 Å². The summed E-state index contributed by atoms with van der Waals surface area (Å²) in [5, 5.41) is 0. The lowest BCUT2D eigenvalue weighted by Crippen LogP contribution is -2.68. The largest absolute Gasteiger partial charge is 0.419 e. The summed E-state index contributed by atoms with van der Waals surface area (Å²) in [6, 6.07) is 13.0. The Morgan fingerprint density at radius 2 is 1.47 bits per heavy atom. The first-order valence-corrected chi connectivity index (χ1v) is 15.1. The van der Waals surface area contributed by atoms with E-state index in [2.05, 4.69) is 4.90 Å². The minimum absolute atomic E-state index is 0.0499. The second-order valence-electron chi connectivity index (χ2n) is 10.7. The Morgan fingerprint density at radius 1 is 0.837 bits per heavy atom. The minimum Gasteiger partial charge on any atom is -0.383 e. The predicted octanol–water partition coefficient (Wildman–Crippen LogP) is 6.80. The maximum absolute atomic E-state index is 14.8. The monoisotopic (exact) mass is 630 g/mol. The second-order valence-corrected chi connectivity index (χ2v) is 12.6. The van der Waals surface area contributed by atoms with Crippen LogP contribution >= 0.6 is 0 Å². The van der Waals surface area contributed by atoms with E-state index in [1.54, 1.807) is 12.1 Å². The molecule has 0 saturated carbocycles. The van der Waals surface area contributed by atoms with Gasteiger partial charge in [-0.05, 0) is 48.7 Å². The second kappa shape index (κ2) is 11.8. The average Bonchev–Trinajstić information content (AvgIpc) is 2.93. The summed E-state index contributed by atoms with van der Waals surface area (Å²) < 4.78 is 130. The number of sulfonamides is 1. The van der Waals surface area contributed by atoms with Gasteiger partial charge in [0.05, 0.1) is 22.6 Å². The van der Waals surface area contributed by atoms with Gasteiger partial charge in [-0.25, -0.2) is 12.8 Å². The highest BCUT2D eigenvalue weighted by molar-refractivity contribution is 7.89. The Hall–Kier alpha value is -3.00. The fraction of sp³-hybridized carbons (Fsp3) is 0.400. The van der Waals surface area contributed by atoms with Crippen molar-refractivity contribution in [1.82, 2.24) is 9.21 Å². The summed E-state index contributed by atoms with van der Waals surface area (Å²) in [7, 11) is -2.99. The molecule has 2 heterocycles. The standard InChI is InChI=1S/C30H29F7N2O3S/c1-42-18-25-27(20-13-11-19(12-14-20)21-7-6-9-23(28(21)31)30(35,36)37)24-17-38(15-4-5-16-39(24)25)43(40,41)26-10-3-2-8-22(26)29(32,33)34/h2-3,6-14,24-25,27H,4-5,15-18H2,1H3/t24-,25+,27-/m0/s1. The van der Waals surface area contributed by atoms with Crippen LogP contribution in [0.5, 0.6) is 0 Å². The molecule has 0 unspecified atom stereocenters. The van der Waals surface area contributed by atoms with Crippen LogP contribution in [-0.4, -0.2) is 63.1 Å².